The Morgan fingerprint density at radius 1 is 1.39 bits per heavy atom. The molecule has 132 valence electrons. The van der Waals surface area contributed by atoms with Crippen LogP contribution in [0.25, 0.3) is 0 Å². The van der Waals surface area contributed by atoms with E-state index in [2.05, 4.69) is 58.7 Å². The molecule has 1 unspecified atom stereocenters. The summed E-state index contributed by atoms with van der Waals surface area (Å²) in [7, 11) is 4.02. The number of likely N-dealkylation sites (N-methyl/N-ethyl adjacent to an activating group) is 1. The van der Waals surface area contributed by atoms with Crippen molar-refractivity contribution >= 4 is 41.3 Å². The first-order valence-electron chi connectivity index (χ1n) is 8.12. The topological polar surface area (TPSA) is 52.6 Å². The maximum atomic E-state index is 4.64. The van der Waals surface area contributed by atoms with Crippen molar-refractivity contribution in [1.82, 2.24) is 20.5 Å². The van der Waals surface area contributed by atoms with Crippen molar-refractivity contribution in [2.75, 3.05) is 20.6 Å². The van der Waals surface area contributed by atoms with E-state index in [1.54, 1.807) is 11.3 Å². The predicted octanol–water partition coefficient (Wildman–Crippen LogP) is 3.03. The van der Waals surface area contributed by atoms with E-state index in [9.17, 15) is 0 Å². The average molecular weight is 451 g/mol. The Morgan fingerprint density at radius 2 is 2.09 bits per heavy atom. The zero-order chi connectivity index (χ0) is 16.1. The standard InChI is InChI=1S/C16H29N5S.HI/c1-11(2)14-10-22-15(20-14)9-19-16(17-4)18-8-12(3)21(5)13-6-7-13;/h10-13H,6-9H2,1-5H3,(H2,17,18,19);1H. The van der Waals surface area contributed by atoms with E-state index >= 15 is 0 Å². The van der Waals surface area contributed by atoms with E-state index in [0.29, 0.717) is 12.0 Å². The second kappa shape index (κ2) is 9.78. The molecule has 1 aliphatic carbocycles. The molecule has 1 fully saturated rings. The SMILES string of the molecule is CN=C(NCc1nc(C(C)C)cs1)NCC(C)N(C)C1CC1.I. The molecule has 0 amide bonds. The number of rotatable bonds is 7. The number of nitrogens with one attached hydrogen (secondary N) is 2. The number of guanidine groups is 1. The van der Waals surface area contributed by atoms with Gasteiger partial charge in [0.1, 0.15) is 5.01 Å². The molecular weight excluding hydrogens is 421 g/mol. The fourth-order valence-electron chi connectivity index (χ4n) is 2.28. The Balaban J connectivity index is 0.00000264. The van der Waals surface area contributed by atoms with Crippen molar-refractivity contribution in [3.05, 3.63) is 16.1 Å². The first-order chi connectivity index (χ1) is 10.5. The molecule has 0 bridgehead atoms. The van der Waals surface area contributed by atoms with Crippen LogP contribution in [0.4, 0.5) is 0 Å². The zero-order valence-electron chi connectivity index (χ0n) is 14.8. The van der Waals surface area contributed by atoms with Crippen molar-refractivity contribution in [3.8, 4) is 0 Å². The smallest absolute Gasteiger partial charge is 0.191 e. The van der Waals surface area contributed by atoms with Crippen molar-refractivity contribution in [3.63, 3.8) is 0 Å². The van der Waals surface area contributed by atoms with Gasteiger partial charge in [-0.15, -0.1) is 35.3 Å². The summed E-state index contributed by atoms with van der Waals surface area (Å²) in [5, 5.41) is 10.0. The molecule has 5 nitrogen and oxygen atoms in total. The summed E-state index contributed by atoms with van der Waals surface area (Å²) < 4.78 is 0. The van der Waals surface area contributed by atoms with Gasteiger partial charge in [0.05, 0.1) is 12.2 Å². The zero-order valence-corrected chi connectivity index (χ0v) is 17.9. The second-order valence-electron chi connectivity index (χ2n) is 6.37. The minimum Gasteiger partial charge on any atom is -0.355 e. The molecule has 1 aromatic heterocycles. The van der Waals surface area contributed by atoms with Gasteiger partial charge in [-0.3, -0.25) is 9.89 Å². The van der Waals surface area contributed by atoms with Crippen molar-refractivity contribution in [2.45, 2.75) is 58.2 Å². The highest BCUT2D eigenvalue weighted by atomic mass is 127. The van der Waals surface area contributed by atoms with E-state index in [1.807, 2.05) is 7.05 Å². The number of hydrogen-bond donors (Lipinski definition) is 2. The molecule has 2 rings (SSSR count). The van der Waals surface area contributed by atoms with Crippen LogP contribution < -0.4 is 10.6 Å². The molecule has 7 heteroatoms. The Labute approximate surface area is 161 Å². The third-order valence-electron chi connectivity index (χ3n) is 4.17. The summed E-state index contributed by atoms with van der Waals surface area (Å²) in [6, 6.07) is 1.30. The van der Waals surface area contributed by atoms with Gasteiger partial charge in [0.25, 0.3) is 0 Å². The summed E-state index contributed by atoms with van der Waals surface area (Å²) in [6.45, 7) is 8.23. The van der Waals surface area contributed by atoms with Crippen LogP contribution >= 0.6 is 35.3 Å². The molecule has 0 spiro atoms. The van der Waals surface area contributed by atoms with E-state index in [-0.39, 0.29) is 24.0 Å². The minimum absolute atomic E-state index is 0. The van der Waals surface area contributed by atoms with E-state index in [0.717, 1.165) is 30.1 Å². The molecule has 1 aromatic rings. The highest BCUT2D eigenvalue weighted by Gasteiger charge is 2.28. The molecule has 1 atom stereocenters. The Morgan fingerprint density at radius 3 is 2.61 bits per heavy atom. The van der Waals surface area contributed by atoms with Crippen LogP contribution in [-0.4, -0.2) is 48.6 Å². The van der Waals surface area contributed by atoms with Gasteiger partial charge in [-0.1, -0.05) is 13.8 Å². The molecular formula is C16H30IN5S. The summed E-state index contributed by atoms with van der Waals surface area (Å²) in [4.78, 5) is 11.4. The van der Waals surface area contributed by atoms with Gasteiger partial charge in [-0.2, -0.15) is 0 Å². The van der Waals surface area contributed by atoms with Crippen LogP contribution in [0.3, 0.4) is 0 Å². The van der Waals surface area contributed by atoms with Crippen LogP contribution in [-0.2, 0) is 6.54 Å². The maximum absolute atomic E-state index is 4.64. The van der Waals surface area contributed by atoms with Gasteiger partial charge in [-0.25, -0.2) is 4.98 Å². The second-order valence-corrected chi connectivity index (χ2v) is 7.32. The Bertz CT molecular complexity index is 498. The normalized spacial score (nSPS) is 16.4. The number of hydrogen-bond acceptors (Lipinski definition) is 4. The highest BCUT2D eigenvalue weighted by Crippen LogP contribution is 2.26. The molecule has 1 heterocycles. The first-order valence-corrected chi connectivity index (χ1v) is 9.00. The lowest BCUT2D eigenvalue weighted by molar-refractivity contribution is 0.247. The van der Waals surface area contributed by atoms with Gasteiger partial charge in [0.2, 0.25) is 0 Å². The Hall–Kier alpha value is -0.410. The molecule has 1 saturated carbocycles. The van der Waals surface area contributed by atoms with E-state index in [1.165, 1.54) is 18.5 Å². The maximum Gasteiger partial charge on any atom is 0.191 e. The van der Waals surface area contributed by atoms with E-state index < -0.39 is 0 Å². The van der Waals surface area contributed by atoms with Gasteiger partial charge >= 0.3 is 0 Å². The van der Waals surface area contributed by atoms with Crippen LogP contribution in [0.5, 0.6) is 0 Å². The monoisotopic (exact) mass is 451 g/mol. The van der Waals surface area contributed by atoms with Crippen LogP contribution in [0, 0.1) is 0 Å². The molecule has 0 radical (unpaired) electrons. The van der Waals surface area contributed by atoms with Gasteiger partial charge < -0.3 is 10.6 Å². The molecule has 0 saturated heterocycles. The molecule has 23 heavy (non-hydrogen) atoms. The number of aromatic nitrogens is 1. The summed E-state index contributed by atoms with van der Waals surface area (Å²) in [5.41, 5.74) is 1.17. The quantitative estimate of drug-likeness (QED) is 0.380. The van der Waals surface area contributed by atoms with Crippen LogP contribution in [0.1, 0.15) is 50.2 Å². The van der Waals surface area contributed by atoms with Crippen molar-refractivity contribution in [2.24, 2.45) is 4.99 Å². The van der Waals surface area contributed by atoms with Gasteiger partial charge in [0.15, 0.2) is 5.96 Å². The van der Waals surface area contributed by atoms with Crippen molar-refractivity contribution < 1.29 is 0 Å². The van der Waals surface area contributed by atoms with Crippen LogP contribution in [0.2, 0.25) is 0 Å². The first kappa shape index (κ1) is 20.6. The predicted molar refractivity (Wildman–Crippen MR) is 110 cm³/mol. The average Bonchev–Trinajstić information content (AvgIpc) is 3.24. The number of halogens is 1. The fraction of sp³-hybridized carbons (Fsp3) is 0.750. The largest absolute Gasteiger partial charge is 0.355 e. The third-order valence-corrected chi connectivity index (χ3v) is 5.04. The lowest BCUT2D eigenvalue weighted by Gasteiger charge is -2.25. The highest BCUT2D eigenvalue weighted by molar-refractivity contribution is 14.0. The summed E-state index contributed by atoms with van der Waals surface area (Å²) in [6.07, 6.45) is 2.69. The third kappa shape index (κ3) is 6.54. The van der Waals surface area contributed by atoms with Crippen molar-refractivity contribution in [1.29, 1.82) is 0 Å². The minimum atomic E-state index is 0. The van der Waals surface area contributed by atoms with Crippen LogP contribution in [0.15, 0.2) is 10.4 Å². The molecule has 1 aliphatic rings. The molecule has 0 aliphatic heterocycles. The fourth-order valence-corrected chi connectivity index (χ4v) is 3.18. The number of nitrogens with zero attached hydrogens (tertiary/aromatic N) is 3. The van der Waals surface area contributed by atoms with E-state index in [4.69, 9.17) is 0 Å². The number of thiazole rings is 1. The lowest BCUT2D eigenvalue weighted by atomic mass is 10.2. The van der Waals surface area contributed by atoms with Gasteiger partial charge in [-0.05, 0) is 32.7 Å². The molecule has 2 N–H and O–H groups in total. The molecule has 0 aromatic carbocycles. The summed E-state index contributed by atoms with van der Waals surface area (Å²) in [5.74, 6) is 1.33. The van der Waals surface area contributed by atoms with Gasteiger partial charge in [0, 0.05) is 31.1 Å². The number of aliphatic imine (C=N–C) groups is 1. The lowest BCUT2D eigenvalue weighted by Crippen LogP contribution is -2.45. The summed E-state index contributed by atoms with van der Waals surface area (Å²) >= 11 is 1.71. The Kier molecular flexibility index (Phi) is 8.78.